The number of hydrogen-bond donors (Lipinski definition) is 1. The van der Waals surface area contributed by atoms with Crippen molar-refractivity contribution in [3.63, 3.8) is 0 Å². The average Bonchev–Trinajstić information content (AvgIpc) is 2.46. The van der Waals surface area contributed by atoms with Gasteiger partial charge in [-0.15, -0.1) is 0 Å². The second-order valence-electron chi connectivity index (χ2n) is 5.17. The molecular formula is C16H14Cl2FNO3S. The zero-order valence-electron chi connectivity index (χ0n) is 12.6. The molecule has 128 valence electrons. The lowest BCUT2D eigenvalue weighted by molar-refractivity contribution is -0.119. The fourth-order valence-electron chi connectivity index (χ4n) is 2.11. The molecule has 24 heavy (non-hydrogen) atoms. The molecule has 1 amide bonds. The topological polar surface area (TPSA) is 63.2 Å². The Morgan fingerprint density at radius 2 is 1.79 bits per heavy atom. The van der Waals surface area contributed by atoms with Crippen molar-refractivity contribution >= 4 is 38.9 Å². The SMILES string of the molecule is CC(NC(=O)CS(=O)(=O)c1ccc(F)cc1)c1ccc(Cl)cc1Cl. The van der Waals surface area contributed by atoms with Crippen molar-refractivity contribution in [2.45, 2.75) is 17.9 Å². The van der Waals surface area contributed by atoms with Gasteiger partial charge in [-0.1, -0.05) is 29.3 Å². The first kappa shape index (κ1) is 18.7. The van der Waals surface area contributed by atoms with Crippen LogP contribution in [-0.4, -0.2) is 20.1 Å². The molecule has 2 rings (SSSR count). The quantitative estimate of drug-likeness (QED) is 0.791. The van der Waals surface area contributed by atoms with Gasteiger partial charge in [0, 0.05) is 10.0 Å². The Morgan fingerprint density at radius 1 is 1.17 bits per heavy atom. The van der Waals surface area contributed by atoms with Crippen LogP contribution in [0.4, 0.5) is 4.39 Å². The molecule has 0 spiro atoms. The van der Waals surface area contributed by atoms with Crippen molar-refractivity contribution in [2.75, 3.05) is 5.75 Å². The summed E-state index contributed by atoms with van der Waals surface area (Å²) in [6.45, 7) is 1.68. The highest BCUT2D eigenvalue weighted by Gasteiger charge is 2.21. The van der Waals surface area contributed by atoms with E-state index in [1.54, 1.807) is 19.1 Å². The predicted molar refractivity (Wildman–Crippen MR) is 91.5 cm³/mol. The van der Waals surface area contributed by atoms with Crippen molar-refractivity contribution in [3.8, 4) is 0 Å². The summed E-state index contributed by atoms with van der Waals surface area (Å²) in [7, 11) is -3.85. The Balaban J connectivity index is 2.08. The minimum atomic E-state index is -3.85. The largest absolute Gasteiger partial charge is 0.349 e. The van der Waals surface area contributed by atoms with E-state index >= 15 is 0 Å². The highest BCUT2D eigenvalue weighted by molar-refractivity contribution is 7.92. The highest BCUT2D eigenvalue weighted by atomic mass is 35.5. The Bertz CT molecular complexity index is 854. The molecule has 0 aliphatic heterocycles. The molecule has 8 heteroatoms. The normalized spacial score (nSPS) is 12.7. The van der Waals surface area contributed by atoms with E-state index < -0.39 is 33.4 Å². The van der Waals surface area contributed by atoms with Crippen molar-refractivity contribution in [1.82, 2.24) is 5.32 Å². The van der Waals surface area contributed by atoms with Crippen LogP contribution in [0.3, 0.4) is 0 Å². The van der Waals surface area contributed by atoms with E-state index in [4.69, 9.17) is 23.2 Å². The third-order valence-electron chi connectivity index (χ3n) is 3.30. The second-order valence-corrected chi connectivity index (χ2v) is 8.00. The van der Waals surface area contributed by atoms with Gasteiger partial charge < -0.3 is 5.32 Å². The van der Waals surface area contributed by atoms with Crippen LogP contribution in [0.25, 0.3) is 0 Å². The molecule has 0 aliphatic rings. The van der Waals surface area contributed by atoms with Gasteiger partial charge >= 0.3 is 0 Å². The summed E-state index contributed by atoms with van der Waals surface area (Å²) in [4.78, 5) is 11.9. The monoisotopic (exact) mass is 389 g/mol. The van der Waals surface area contributed by atoms with E-state index in [2.05, 4.69) is 5.32 Å². The van der Waals surface area contributed by atoms with Crippen LogP contribution in [-0.2, 0) is 14.6 Å². The van der Waals surface area contributed by atoms with E-state index in [1.807, 2.05) is 0 Å². The molecule has 0 saturated carbocycles. The van der Waals surface area contributed by atoms with Crippen molar-refractivity contribution < 1.29 is 17.6 Å². The van der Waals surface area contributed by atoms with Gasteiger partial charge in [-0.2, -0.15) is 0 Å². The number of halogens is 3. The Labute approximate surface area is 149 Å². The molecule has 2 aromatic rings. The van der Waals surface area contributed by atoms with Gasteiger partial charge in [-0.05, 0) is 48.9 Å². The summed E-state index contributed by atoms with van der Waals surface area (Å²) < 4.78 is 37.2. The maximum absolute atomic E-state index is 12.9. The maximum atomic E-state index is 12.9. The number of carbonyl (C=O) groups excluding carboxylic acids is 1. The summed E-state index contributed by atoms with van der Waals surface area (Å²) in [5, 5.41) is 3.41. The summed E-state index contributed by atoms with van der Waals surface area (Å²) in [5.74, 6) is -1.98. The first-order valence-corrected chi connectivity index (χ1v) is 9.32. The van der Waals surface area contributed by atoms with E-state index in [1.165, 1.54) is 6.07 Å². The molecule has 1 atom stereocenters. The Hall–Kier alpha value is -1.63. The third kappa shape index (κ3) is 4.69. The zero-order valence-corrected chi connectivity index (χ0v) is 14.9. The lowest BCUT2D eigenvalue weighted by atomic mass is 10.1. The number of hydrogen-bond acceptors (Lipinski definition) is 3. The molecule has 1 unspecified atom stereocenters. The van der Waals surface area contributed by atoms with Gasteiger partial charge in [0.05, 0.1) is 10.9 Å². The smallest absolute Gasteiger partial charge is 0.236 e. The van der Waals surface area contributed by atoms with Crippen molar-refractivity contribution in [1.29, 1.82) is 0 Å². The van der Waals surface area contributed by atoms with Crippen LogP contribution in [0, 0.1) is 5.82 Å². The van der Waals surface area contributed by atoms with Crippen LogP contribution >= 0.6 is 23.2 Å². The molecule has 2 aromatic carbocycles. The molecule has 0 bridgehead atoms. The maximum Gasteiger partial charge on any atom is 0.236 e. The highest BCUT2D eigenvalue weighted by Crippen LogP contribution is 2.26. The molecular weight excluding hydrogens is 376 g/mol. The van der Waals surface area contributed by atoms with E-state index in [9.17, 15) is 17.6 Å². The van der Waals surface area contributed by atoms with Crippen molar-refractivity contribution in [3.05, 3.63) is 63.9 Å². The fourth-order valence-corrected chi connectivity index (χ4v) is 3.83. The van der Waals surface area contributed by atoms with Gasteiger partial charge in [0.2, 0.25) is 5.91 Å². The summed E-state index contributed by atoms with van der Waals surface area (Å²) in [6, 6.07) is 8.63. The molecule has 0 aliphatic carbocycles. The van der Waals surface area contributed by atoms with Crippen LogP contribution in [0.2, 0.25) is 10.0 Å². The van der Waals surface area contributed by atoms with E-state index in [-0.39, 0.29) is 4.90 Å². The van der Waals surface area contributed by atoms with E-state index in [0.29, 0.717) is 15.6 Å². The number of rotatable bonds is 5. The zero-order chi connectivity index (χ0) is 17.9. The predicted octanol–water partition coefficient (Wildman–Crippen LogP) is 3.78. The van der Waals surface area contributed by atoms with Gasteiger partial charge in [0.15, 0.2) is 9.84 Å². The van der Waals surface area contributed by atoms with Crippen LogP contribution in [0.15, 0.2) is 47.4 Å². The third-order valence-corrected chi connectivity index (χ3v) is 5.50. The number of sulfone groups is 1. The first-order chi connectivity index (χ1) is 11.2. The molecule has 0 radical (unpaired) electrons. The summed E-state index contributed by atoms with van der Waals surface area (Å²) in [6.07, 6.45) is 0. The summed E-state index contributed by atoms with van der Waals surface area (Å²) >= 11 is 11.9. The standard InChI is InChI=1S/C16H14Cl2FNO3S/c1-10(14-7-2-11(17)8-15(14)18)20-16(21)9-24(22,23)13-5-3-12(19)4-6-13/h2-8,10H,9H2,1H3,(H,20,21). The summed E-state index contributed by atoms with van der Waals surface area (Å²) in [5.41, 5.74) is 0.619. The van der Waals surface area contributed by atoms with Crippen LogP contribution in [0.5, 0.6) is 0 Å². The van der Waals surface area contributed by atoms with Crippen LogP contribution < -0.4 is 5.32 Å². The van der Waals surface area contributed by atoms with E-state index in [0.717, 1.165) is 24.3 Å². The minimum absolute atomic E-state index is 0.115. The number of amides is 1. The molecule has 0 aromatic heterocycles. The lowest BCUT2D eigenvalue weighted by Crippen LogP contribution is -2.32. The average molecular weight is 390 g/mol. The first-order valence-electron chi connectivity index (χ1n) is 6.91. The molecule has 0 fully saturated rings. The Kier molecular flexibility index (Phi) is 5.85. The van der Waals surface area contributed by atoms with Gasteiger partial charge in [0.25, 0.3) is 0 Å². The molecule has 4 nitrogen and oxygen atoms in total. The van der Waals surface area contributed by atoms with Gasteiger partial charge in [-0.3, -0.25) is 4.79 Å². The van der Waals surface area contributed by atoms with Gasteiger partial charge in [0.1, 0.15) is 11.6 Å². The number of nitrogens with one attached hydrogen (secondary N) is 1. The molecule has 0 heterocycles. The number of benzene rings is 2. The lowest BCUT2D eigenvalue weighted by Gasteiger charge is -2.16. The molecule has 0 saturated heterocycles. The molecule has 1 N–H and O–H groups in total. The minimum Gasteiger partial charge on any atom is -0.349 e. The Morgan fingerprint density at radius 3 is 2.38 bits per heavy atom. The second kappa shape index (κ2) is 7.51. The number of carbonyl (C=O) groups is 1. The van der Waals surface area contributed by atoms with Crippen molar-refractivity contribution in [2.24, 2.45) is 0 Å². The van der Waals surface area contributed by atoms with Gasteiger partial charge in [-0.25, -0.2) is 12.8 Å². The van der Waals surface area contributed by atoms with Crippen LogP contribution in [0.1, 0.15) is 18.5 Å². The fraction of sp³-hybridized carbons (Fsp3) is 0.188.